The van der Waals surface area contributed by atoms with Crippen molar-refractivity contribution in [2.45, 2.75) is 30.2 Å². The van der Waals surface area contributed by atoms with Crippen molar-refractivity contribution in [3.63, 3.8) is 0 Å². The highest BCUT2D eigenvalue weighted by molar-refractivity contribution is 9.10. The van der Waals surface area contributed by atoms with Crippen LogP contribution in [-0.2, 0) is 6.42 Å². The average molecular weight is 362 g/mol. The van der Waals surface area contributed by atoms with Gasteiger partial charge in [-0.15, -0.1) is 11.8 Å². The van der Waals surface area contributed by atoms with Crippen molar-refractivity contribution >= 4 is 27.7 Å². The van der Waals surface area contributed by atoms with Crippen LogP contribution in [0.15, 0.2) is 57.9 Å². The maximum Gasteiger partial charge on any atom is 0.0207 e. The second kappa shape index (κ2) is 6.99. The quantitative estimate of drug-likeness (QED) is 0.815. The molecule has 0 saturated heterocycles. The molecule has 0 aliphatic carbocycles. The number of nitrogens with one attached hydrogen (secondary N) is 1. The summed E-state index contributed by atoms with van der Waals surface area (Å²) >= 11 is 5.68. The van der Waals surface area contributed by atoms with E-state index in [0.717, 1.165) is 13.0 Å². The van der Waals surface area contributed by atoms with Crippen molar-refractivity contribution in [2.75, 3.05) is 12.3 Å². The number of benzene rings is 2. The molecule has 21 heavy (non-hydrogen) atoms. The van der Waals surface area contributed by atoms with Crippen LogP contribution in [-0.4, -0.2) is 18.3 Å². The number of thioether (sulfide) groups is 1. The zero-order valence-corrected chi connectivity index (χ0v) is 14.6. The molecular weight excluding hydrogens is 342 g/mol. The van der Waals surface area contributed by atoms with Crippen LogP contribution >= 0.6 is 27.7 Å². The molecular formula is C18H20BrNS. The fourth-order valence-corrected chi connectivity index (χ4v) is 4.82. The lowest BCUT2D eigenvalue weighted by molar-refractivity contribution is 0.462. The first-order valence-electron chi connectivity index (χ1n) is 7.48. The Morgan fingerprint density at radius 1 is 1.19 bits per heavy atom. The molecule has 1 heterocycles. The first-order valence-corrected chi connectivity index (χ1v) is 9.26. The predicted molar refractivity (Wildman–Crippen MR) is 95.2 cm³/mol. The van der Waals surface area contributed by atoms with E-state index < -0.39 is 0 Å². The molecule has 1 nitrogen and oxygen atoms in total. The molecule has 0 fully saturated rings. The summed E-state index contributed by atoms with van der Waals surface area (Å²) in [5.74, 6) is 1.78. The van der Waals surface area contributed by atoms with E-state index in [1.807, 2.05) is 11.8 Å². The van der Waals surface area contributed by atoms with Gasteiger partial charge in [-0.3, -0.25) is 0 Å². The summed E-state index contributed by atoms with van der Waals surface area (Å²) in [6.07, 6.45) is 1.06. The Balaban J connectivity index is 1.84. The standard InChI is InChI=1S/C18H20BrNS/c1-2-20-17(11-13-7-3-5-9-16(13)19)15-12-21-18-10-6-4-8-14(15)18/h3-10,15,17,20H,2,11-12H2,1H3. The van der Waals surface area contributed by atoms with Gasteiger partial charge in [0, 0.05) is 27.1 Å². The minimum atomic E-state index is 0.491. The second-order valence-electron chi connectivity index (χ2n) is 5.42. The van der Waals surface area contributed by atoms with Crippen molar-refractivity contribution in [2.24, 2.45) is 0 Å². The lowest BCUT2D eigenvalue weighted by Gasteiger charge is -2.25. The zero-order chi connectivity index (χ0) is 14.7. The maximum atomic E-state index is 3.71. The summed E-state index contributed by atoms with van der Waals surface area (Å²) in [7, 11) is 0. The van der Waals surface area contributed by atoms with Gasteiger partial charge in [-0.05, 0) is 36.2 Å². The van der Waals surface area contributed by atoms with E-state index in [0.29, 0.717) is 12.0 Å². The van der Waals surface area contributed by atoms with Gasteiger partial charge in [-0.2, -0.15) is 0 Å². The molecule has 0 amide bonds. The monoisotopic (exact) mass is 361 g/mol. The third-order valence-corrected chi connectivity index (χ3v) is 6.07. The molecule has 2 aromatic rings. The van der Waals surface area contributed by atoms with Crippen LogP contribution in [0.2, 0.25) is 0 Å². The summed E-state index contributed by atoms with van der Waals surface area (Å²) in [5.41, 5.74) is 2.90. The van der Waals surface area contributed by atoms with Crippen LogP contribution in [0.1, 0.15) is 24.0 Å². The van der Waals surface area contributed by atoms with E-state index in [1.54, 1.807) is 0 Å². The molecule has 110 valence electrons. The van der Waals surface area contributed by atoms with Crippen LogP contribution in [0.25, 0.3) is 0 Å². The molecule has 1 N–H and O–H groups in total. The van der Waals surface area contributed by atoms with Gasteiger partial charge in [0.1, 0.15) is 0 Å². The van der Waals surface area contributed by atoms with Gasteiger partial charge in [-0.1, -0.05) is 59.3 Å². The van der Waals surface area contributed by atoms with Crippen molar-refractivity contribution < 1.29 is 0 Å². The number of hydrogen-bond donors (Lipinski definition) is 1. The predicted octanol–water partition coefficient (Wildman–Crippen LogP) is 4.86. The molecule has 0 aromatic heterocycles. The fraction of sp³-hybridized carbons (Fsp3) is 0.333. The number of fused-ring (bicyclic) bond motifs is 1. The topological polar surface area (TPSA) is 12.0 Å². The van der Waals surface area contributed by atoms with Crippen LogP contribution in [0, 0.1) is 0 Å². The highest BCUT2D eigenvalue weighted by Crippen LogP contribution is 2.41. The first-order chi connectivity index (χ1) is 10.3. The summed E-state index contributed by atoms with van der Waals surface area (Å²) in [4.78, 5) is 1.46. The minimum absolute atomic E-state index is 0.491. The van der Waals surface area contributed by atoms with Crippen molar-refractivity contribution in [3.05, 3.63) is 64.1 Å². The lowest BCUT2D eigenvalue weighted by Crippen LogP contribution is -2.37. The molecule has 1 aliphatic heterocycles. The van der Waals surface area contributed by atoms with Crippen LogP contribution < -0.4 is 5.32 Å². The highest BCUT2D eigenvalue weighted by atomic mass is 79.9. The summed E-state index contributed by atoms with van der Waals surface area (Å²) in [6, 6.07) is 17.9. The van der Waals surface area contributed by atoms with Crippen LogP contribution in [0.3, 0.4) is 0 Å². The van der Waals surface area contributed by atoms with E-state index >= 15 is 0 Å². The SMILES string of the molecule is CCNC(Cc1ccccc1Br)C1CSc2ccccc21. The Hall–Kier alpha value is -0.770. The number of likely N-dealkylation sites (N-methyl/N-ethyl adjacent to an activating group) is 1. The Morgan fingerprint density at radius 3 is 2.76 bits per heavy atom. The minimum Gasteiger partial charge on any atom is -0.313 e. The zero-order valence-electron chi connectivity index (χ0n) is 12.2. The first kappa shape index (κ1) is 15.1. The molecule has 0 radical (unpaired) electrons. The molecule has 3 heteroatoms. The van der Waals surface area contributed by atoms with Crippen molar-refractivity contribution in [1.29, 1.82) is 0 Å². The normalized spacial score (nSPS) is 18.5. The van der Waals surface area contributed by atoms with Gasteiger partial charge in [0.15, 0.2) is 0 Å². The maximum absolute atomic E-state index is 3.71. The van der Waals surface area contributed by atoms with E-state index in [2.05, 4.69) is 76.7 Å². The molecule has 0 bridgehead atoms. The van der Waals surface area contributed by atoms with E-state index in [-0.39, 0.29) is 0 Å². The second-order valence-corrected chi connectivity index (χ2v) is 7.33. The van der Waals surface area contributed by atoms with Gasteiger partial charge in [0.25, 0.3) is 0 Å². The Labute approximate surface area is 139 Å². The Bertz CT molecular complexity index is 614. The number of halogens is 1. The van der Waals surface area contributed by atoms with Crippen LogP contribution in [0.4, 0.5) is 0 Å². The van der Waals surface area contributed by atoms with E-state index in [4.69, 9.17) is 0 Å². The van der Waals surface area contributed by atoms with Crippen LogP contribution in [0.5, 0.6) is 0 Å². The van der Waals surface area contributed by atoms with Gasteiger partial charge in [0.2, 0.25) is 0 Å². The summed E-state index contributed by atoms with van der Waals surface area (Å²) in [6.45, 7) is 3.21. The smallest absolute Gasteiger partial charge is 0.0207 e. The number of rotatable bonds is 5. The third kappa shape index (κ3) is 3.36. The average Bonchev–Trinajstić information content (AvgIpc) is 2.93. The van der Waals surface area contributed by atoms with Gasteiger partial charge in [0.05, 0.1) is 0 Å². The Morgan fingerprint density at radius 2 is 1.95 bits per heavy atom. The van der Waals surface area contributed by atoms with Gasteiger partial charge >= 0.3 is 0 Å². The van der Waals surface area contributed by atoms with Crippen molar-refractivity contribution in [3.8, 4) is 0 Å². The third-order valence-electron chi connectivity index (χ3n) is 4.09. The molecule has 3 rings (SSSR count). The van der Waals surface area contributed by atoms with Crippen molar-refractivity contribution in [1.82, 2.24) is 5.32 Å². The fourth-order valence-electron chi connectivity index (χ4n) is 3.04. The molecule has 2 atom stereocenters. The van der Waals surface area contributed by atoms with Gasteiger partial charge < -0.3 is 5.32 Å². The van der Waals surface area contributed by atoms with E-state index in [1.165, 1.54) is 26.2 Å². The lowest BCUT2D eigenvalue weighted by atomic mass is 9.89. The molecule has 0 saturated carbocycles. The molecule has 1 aliphatic rings. The summed E-state index contributed by atoms with van der Waals surface area (Å²) < 4.78 is 1.21. The largest absolute Gasteiger partial charge is 0.313 e. The van der Waals surface area contributed by atoms with E-state index in [9.17, 15) is 0 Å². The van der Waals surface area contributed by atoms with Gasteiger partial charge in [-0.25, -0.2) is 0 Å². The molecule has 2 unspecified atom stereocenters. The molecule has 0 spiro atoms. The molecule has 2 aromatic carbocycles. The Kier molecular flexibility index (Phi) is 5.04. The number of hydrogen-bond acceptors (Lipinski definition) is 2. The highest BCUT2D eigenvalue weighted by Gasteiger charge is 2.30. The summed E-state index contributed by atoms with van der Waals surface area (Å²) in [5, 5.41) is 3.71.